The van der Waals surface area contributed by atoms with Crippen LogP contribution < -0.4 is 0 Å². The first kappa shape index (κ1) is 32.0. The van der Waals surface area contributed by atoms with E-state index in [1.54, 1.807) is 33.4 Å². The van der Waals surface area contributed by atoms with Crippen molar-refractivity contribution in [1.29, 1.82) is 0 Å². The van der Waals surface area contributed by atoms with Crippen molar-refractivity contribution in [2.45, 2.75) is 132 Å². The minimum absolute atomic E-state index is 0.209. The molecule has 0 heteroatoms. The minimum Gasteiger partial charge on any atom is -0.0622 e. The molecule has 13 rings (SSSR count). The predicted molar refractivity (Wildman–Crippen MR) is 220 cm³/mol. The second-order valence-corrected chi connectivity index (χ2v) is 22.1. The molecule has 4 aromatic carbocycles. The van der Waals surface area contributed by atoms with Crippen LogP contribution in [0.25, 0.3) is 0 Å². The highest BCUT2D eigenvalue weighted by Crippen LogP contribution is 2.99. The van der Waals surface area contributed by atoms with Crippen LogP contribution >= 0.6 is 0 Å². The molecule has 4 aromatic rings. The summed E-state index contributed by atoms with van der Waals surface area (Å²) in [5.74, 6) is 4.82. The van der Waals surface area contributed by atoms with Gasteiger partial charge in [-0.15, -0.1) is 0 Å². The van der Waals surface area contributed by atoms with Gasteiger partial charge >= 0.3 is 0 Å². The molecule has 12 atom stereocenters. The molecule has 9 fully saturated rings. The first-order valence-electron chi connectivity index (χ1n) is 22.4. The van der Waals surface area contributed by atoms with Crippen molar-refractivity contribution < 1.29 is 0 Å². The summed E-state index contributed by atoms with van der Waals surface area (Å²) in [6.45, 7) is 16.2. The maximum atomic E-state index is 2.94. The Bertz CT molecular complexity index is 1990. The van der Waals surface area contributed by atoms with Crippen molar-refractivity contribution >= 4 is 0 Å². The van der Waals surface area contributed by atoms with E-state index >= 15 is 0 Å². The molecule has 0 bridgehead atoms. The highest BCUT2D eigenvalue weighted by atomic mass is 15.0. The number of hydrogen-bond acceptors (Lipinski definition) is 0. The summed E-state index contributed by atoms with van der Waals surface area (Å²) in [6, 6.07) is 44.8. The van der Waals surface area contributed by atoms with Gasteiger partial charge in [-0.1, -0.05) is 170 Å². The van der Waals surface area contributed by atoms with E-state index in [1.807, 2.05) is 0 Å². The highest BCUT2D eigenvalue weighted by molar-refractivity contribution is 5.72. The van der Waals surface area contributed by atoms with Gasteiger partial charge in [0.2, 0.25) is 0 Å². The van der Waals surface area contributed by atoms with Crippen LogP contribution in [-0.4, -0.2) is 0 Å². The van der Waals surface area contributed by atoms with Crippen LogP contribution in [0, 0.1) is 51.8 Å². The molecule has 0 spiro atoms. The van der Waals surface area contributed by atoms with Crippen LogP contribution in [0.5, 0.6) is 0 Å². The fraction of sp³-hybridized carbons (Fsp3) is 0.556. The number of hydrogen-bond donors (Lipinski definition) is 0. The number of rotatable bonds is 6. The lowest BCUT2D eigenvalue weighted by molar-refractivity contribution is 0.110. The summed E-state index contributed by atoms with van der Waals surface area (Å²) < 4.78 is 0. The third-order valence-electron chi connectivity index (χ3n) is 21.5. The topological polar surface area (TPSA) is 0 Å². The second kappa shape index (κ2) is 9.19. The molecular weight excluding hydrogens is 649 g/mol. The monoisotopic (exact) mass is 708 g/mol. The Morgan fingerprint density at radius 2 is 0.500 bits per heavy atom. The van der Waals surface area contributed by atoms with E-state index in [2.05, 4.69) is 151 Å². The Balaban J connectivity index is 1.11. The molecule has 9 aliphatic rings. The standard InChI is InChI=1S/C54H60/c1-46(2)49(34-19-10-7-11-20-34)40-25-16-28-43(40)52(46,49)37-31-38(53-44-29-17-26-41(44)50(53,47(53,3)4)35-21-12-8-13-22-35)33-39(32-37)54-45-30-18-27-42(45)51(54,48(54,5)6)36-23-14-9-15-24-36/h7-15,19-24,31-33,40-45H,16-18,25-30H2,1-6H3. The van der Waals surface area contributed by atoms with Crippen molar-refractivity contribution in [3.05, 3.63) is 143 Å². The van der Waals surface area contributed by atoms with E-state index in [0.29, 0.717) is 0 Å². The lowest BCUT2D eigenvalue weighted by Crippen LogP contribution is -2.52. The maximum Gasteiger partial charge on any atom is 0.0149 e. The van der Waals surface area contributed by atoms with Crippen LogP contribution in [-0.2, 0) is 32.5 Å². The molecule has 0 amide bonds. The molecular formula is C54H60. The van der Waals surface area contributed by atoms with Crippen LogP contribution in [0.3, 0.4) is 0 Å². The van der Waals surface area contributed by atoms with Gasteiger partial charge in [-0.3, -0.25) is 0 Å². The first-order valence-corrected chi connectivity index (χ1v) is 22.4. The van der Waals surface area contributed by atoms with Crippen molar-refractivity contribution in [2.75, 3.05) is 0 Å². The summed E-state index contributed by atoms with van der Waals surface area (Å²) in [5, 5.41) is 0. The fourth-order valence-electron chi connectivity index (χ4n) is 21.3. The van der Waals surface area contributed by atoms with E-state index in [4.69, 9.17) is 0 Å². The third-order valence-corrected chi connectivity index (χ3v) is 21.5. The van der Waals surface area contributed by atoms with E-state index in [1.165, 1.54) is 57.8 Å². The molecule has 0 aromatic heterocycles. The normalized spacial score (nSPS) is 47.7. The van der Waals surface area contributed by atoms with E-state index in [-0.39, 0.29) is 48.7 Å². The minimum atomic E-state index is 0.209. The maximum absolute atomic E-state index is 2.94. The van der Waals surface area contributed by atoms with E-state index in [0.717, 1.165) is 35.5 Å². The highest BCUT2D eigenvalue weighted by Gasteiger charge is 2.99. The smallest absolute Gasteiger partial charge is 0.0149 e. The summed E-state index contributed by atoms with van der Waals surface area (Å²) >= 11 is 0. The molecule has 0 saturated heterocycles. The summed E-state index contributed by atoms with van der Waals surface area (Å²) in [7, 11) is 0. The quantitative estimate of drug-likeness (QED) is 0.187. The van der Waals surface area contributed by atoms with Gasteiger partial charge in [0.15, 0.2) is 0 Å². The average Bonchev–Trinajstić information content (AvgIpc) is 3.55. The molecule has 0 aliphatic heterocycles. The van der Waals surface area contributed by atoms with Crippen LogP contribution in [0.4, 0.5) is 0 Å². The Kier molecular flexibility index (Phi) is 5.45. The van der Waals surface area contributed by atoms with Gasteiger partial charge in [0.25, 0.3) is 0 Å². The first-order chi connectivity index (χ1) is 26.1. The van der Waals surface area contributed by atoms with Crippen molar-refractivity contribution in [1.82, 2.24) is 0 Å². The molecule has 276 valence electrons. The van der Waals surface area contributed by atoms with Gasteiger partial charge in [-0.2, -0.15) is 0 Å². The van der Waals surface area contributed by atoms with E-state index < -0.39 is 0 Å². The average molecular weight is 709 g/mol. The molecule has 9 saturated carbocycles. The zero-order valence-electron chi connectivity index (χ0n) is 33.7. The number of fused-ring (bicyclic) bond motifs is 12. The largest absolute Gasteiger partial charge is 0.0622 e. The molecule has 0 N–H and O–H groups in total. The summed E-state index contributed by atoms with van der Waals surface area (Å²) in [5.41, 5.74) is 12.2. The summed E-state index contributed by atoms with van der Waals surface area (Å²) in [4.78, 5) is 0. The molecule has 9 aliphatic carbocycles. The zero-order chi connectivity index (χ0) is 36.5. The molecule has 0 nitrogen and oxygen atoms in total. The third kappa shape index (κ3) is 2.54. The number of benzene rings is 4. The van der Waals surface area contributed by atoms with Crippen molar-refractivity contribution in [3.8, 4) is 0 Å². The van der Waals surface area contributed by atoms with Gasteiger partial charge in [0.05, 0.1) is 0 Å². The Morgan fingerprint density at radius 3 is 0.722 bits per heavy atom. The predicted octanol–water partition coefficient (Wildman–Crippen LogP) is 12.6. The zero-order valence-corrected chi connectivity index (χ0v) is 33.7. The van der Waals surface area contributed by atoms with E-state index in [9.17, 15) is 0 Å². The Morgan fingerprint density at radius 1 is 0.296 bits per heavy atom. The molecule has 0 heterocycles. The fourth-order valence-corrected chi connectivity index (χ4v) is 21.3. The molecule has 54 heavy (non-hydrogen) atoms. The van der Waals surface area contributed by atoms with Gasteiger partial charge in [0, 0.05) is 32.5 Å². The van der Waals surface area contributed by atoms with Crippen molar-refractivity contribution in [2.24, 2.45) is 51.8 Å². The lowest BCUT2D eigenvalue weighted by Gasteiger charge is -2.52. The van der Waals surface area contributed by atoms with Gasteiger partial charge in [-0.25, -0.2) is 0 Å². The van der Waals surface area contributed by atoms with Crippen LogP contribution in [0.15, 0.2) is 109 Å². The lowest BCUT2D eigenvalue weighted by atomic mass is 9.50. The van der Waals surface area contributed by atoms with Crippen molar-refractivity contribution in [3.63, 3.8) is 0 Å². The molecule has 12 unspecified atom stereocenters. The van der Waals surface area contributed by atoms with Gasteiger partial charge in [0.1, 0.15) is 0 Å². The summed E-state index contributed by atoms with van der Waals surface area (Å²) in [6.07, 6.45) is 12.7. The van der Waals surface area contributed by atoms with Crippen LogP contribution in [0.2, 0.25) is 0 Å². The van der Waals surface area contributed by atoms with Crippen LogP contribution in [0.1, 0.15) is 133 Å². The van der Waals surface area contributed by atoms with Gasteiger partial charge < -0.3 is 0 Å². The second-order valence-electron chi connectivity index (χ2n) is 22.1. The Hall–Kier alpha value is -3.12. The Labute approximate surface area is 324 Å². The SMILES string of the molecule is CC1(C)C2(c3ccccc3)C3CCCC3C12c1cc(C23C4CCCC4C2(c2ccccc2)C3(C)C)cc(C23C4CCCC4C2(c2ccccc2)C3(C)C)c1. The van der Waals surface area contributed by atoms with Gasteiger partial charge in [-0.05, 0) is 124 Å². The molecule has 0 radical (unpaired) electrons.